The molecule has 2 aromatic rings. The minimum Gasteiger partial charge on any atom is -0.386 e. The van der Waals surface area contributed by atoms with Gasteiger partial charge in [-0.05, 0) is 24.6 Å². The van der Waals surface area contributed by atoms with Crippen LogP contribution in [-0.2, 0) is 6.42 Å². The third-order valence-corrected chi connectivity index (χ3v) is 3.28. The highest BCUT2D eigenvalue weighted by molar-refractivity contribution is 9.10. The number of aliphatic hydroxyl groups excluding tert-OH is 1. The van der Waals surface area contributed by atoms with Gasteiger partial charge in [0.05, 0.1) is 5.69 Å². The van der Waals surface area contributed by atoms with E-state index in [0.29, 0.717) is 17.9 Å². The van der Waals surface area contributed by atoms with Gasteiger partial charge in [0.25, 0.3) is 0 Å². The third-order valence-electron chi connectivity index (χ3n) is 2.51. The van der Waals surface area contributed by atoms with Gasteiger partial charge in [0.1, 0.15) is 11.9 Å². The van der Waals surface area contributed by atoms with Crippen molar-refractivity contribution < 1.29 is 5.11 Å². The maximum Gasteiger partial charge on any atom is 0.125 e. The molecule has 1 unspecified atom stereocenters. The molecule has 1 N–H and O–H groups in total. The Bertz CT molecular complexity index is 516. The molecule has 1 atom stereocenters. The average Bonchev–Trinajstić information content (AvgIpc) is 2.32. The van der Waals surface area contributed by atoms with Crippen LogP contribution in [0.2, 0.25) is 0 Å². The number of nitrogens with zero attached hydrogens (tertiary/aromatic N) is 2. The highest BCUT2D eigenvalue weighted by atomic mass is 79.9. The third kappa shape index (κ3) is 3.11. The van der Waals surface area contributed by atoms with E-state index in [-0.39, 0.29) is 0 Å². The fraction of sp³-hybridized carbons (Fsp3) is 0.231. The molecule has 0 bridgehead atoms. The standard InChI is InChI=1S/C13H13BrN2O/c1-9-15-7-6-12(16-9)13(17)8-10-4-2-3-5-11(10)14/h2-7,13,17H,8H2,1H3. The monoisotopic (exact) mass is 292 g/mol. The summed E-state index contributed by atoms with van der Waals surface area (Å²) in [5.41, 5.74) is 1.73. The molecule has 0 amide bonds. The maximum absolute atomic E-state index is 10.1. The largest absolute Gasteiger partial charge is 0.386 e. The summed E-state index contributed by atoms with van der Waals surface area (Å²) in [7, 11) is 0. The van der Waals surface area contributed by atoms with E-state index in [2.05, 4.69) is 25.9 Å². The van der Waals surface area contributed by atoms with Crippen LogP contribution in [-0.4, -0.2) is 15.1 Å². The Labute approximate surface area is 109 Å². The van der Waals surface area contributed by atoms with Crippen molar-refractivity contribution in [2.24, 2.45) is 0 Å². The zero-order chi connectivity index (χ0) is 12.3. The van der Waals surface area contributed by atoms with E-state index in [9.17, 15) is 5.11 Å². The van der Waals surface area contributed by atoms with E-state index in [4.69, 9.17) is 0 Å². The van der Waals surface area contributed by atoms with Crippen molar-refractivity contribution >= 4 is 15.9 Å². The molecule has 0 aliphatic carbocycles. The van der Waals surface area contributed by atoms with Crippen LogP contribution in [0.5, 0.6) is 0 Å². The molecule has 1 aromatic heterocycles. The van der Waals surface area contributed by atoms with Crippen LogP contribution < -0.4 is 0 Å². The van der Waals surface area contributed by atoms with Gasteiger partial charge in [0.2, 0.25) is 0 Å². The molecule has 0 aliphatic heterocycles. The van der Waals surface area contributed by atoms with Crippen LogP contribution in [0.25, 0.3) is 0 Å². The Hall–Kier alpha value is -1.26. The molecule has 1 aromatic carbocycles. The first-order valence-electron chi connectivity index (χ1n) is 5.38. The van der Waals surface area contributed by atoms with E-state index in [1.165, 1.54) is 0 Å². The van der Waals surface area contributed by atoms with Crippen LogP contribution in [0.4, 0.5) is 0 Å². The molecule has 0 radical (unpaired) electrons. The number of aliphatic hydroxyl groups is 1. The van der Waals surface area contributed by atoms with Crippen LogP contribution in [0, 0.1) is 6.92 Å². The maximum atomic E-state index is 10.1. The molecule has 0 spiro atoms. The lowest BCUT2D eigenvalue weighted by atomic mass is 10.1. The number of aromatic nitrogens is 2. The summed E-state index contributed by atoms with van der Waals surface area (Å²) < 4.78 is 1.00. The van der Waals surface area contributed by atoms with Crippen molar-refractivity contribution in [1.29, 1.82) is 0 Å². The van der Waals surface area contributed by atoms with Crippen LogP contribution in [0.1, 0.15) is 23.2 Å². The molecule has 17 heavy (non-hydrogen) atoms. The Morgan fingerprint density at radius 1 is 1.29 bits per heavy atom. The smallest absolute Gasteiger partial charge is 0.125 e. The zero-order valence-corrected chi connectivity index (χ0v) is 11.1. The predicted molar refractivity (Wildman–Crippen MR) is 69.6 cm³/mol. The number of rotatable bonds is 3. The lowest BCUT2D eigenvalue weighted by Crippen LogP contribution is -2.06. The predicted octanol–water partition coefficient (Wildman–Crippen LogP) is 2.82. The minimum atomic E-state index is -0.601. The quantitative estimate of drug-likeness (QED) is 0.946. The molecule has 4 heteroatoms. The first-order valence-corrected chi connectivity index (χ1v) is 6.17. The number of halogens is 1. The highest BCUT2D eigenvalue weighted by Crippen LogP contribution is 2.22. The lowest BCUT2D eigenvalue weighted by Gasteiger charge is -2.11. The van der Waals surface area contributed by atoms with Gasteiger partial charge >= 0.3 is 0 Å². The van der Waals surface area contributed by atoms with Gasteiger partial charge < -0.3 is 5.11 Å². The van der Waals surface area contributed by atoms with Crippen LogP contribution in [0.3, 0.4) is 0 Å². The van der Waals surface area contributed by atoms with Crippen molar-refractivity contribution in [3.63, 3.8) is 0 Å². The SMILES string of the molecule is Cc1nccc(C(O)Cc2ccccc2Br)n1. The molecular weight excluding hydrogens is 280 g/mol. The Morgan fingerprint density at radius 2 is 2.06 bits per heavy atom. The molecule has 0 aliphatic rings. The van der Waals surface area contributed by atoms with Crippen molar-refractivity contribution in [2.75, 3.05) is 0 Å². The first-order chi connectivity index (χ1) is 8.16. The summed E-state index contributed by atoms with van der Waals surface area (Å²) in [5.74, 6) is 0.675. The van der Waals surface area contributed by atoms with E-state index in [0.717, 1.165) is 10.0 Å². The van der Waals surface area contributed by atoms with E-state index in [1.54, 1.807) is 12.3 Å². The molecule has 0 saturated carbocycles. The van der Waals surface area contributed by atoms with Gasteiger partial charge in [-0.15, -0.1) is 0 Å². The summed E-state index contributed by atoms with van der Waals surface area (Å²) in [6, 6.07) is 9.61. The van der Waals surface area contributed by atoms with E-state index < -0.39 is 6.10 Å². The van der Waals surface area contributed by atoms with Crippen molar-refractivity contribution in [3.8, 4) is 0 Å². The van der Waals surface area contributed by atoms with Crippen molar-refractivity contribution in [1.82, 2.24) is 9.97 Å². The zero-order valence-electron chi connectivity index (χ0n) is 9.47. The Kier molecular flexibility index (Phi) is 3.86. The first kappa shape index (κ1) is 12.2. The normalized spacial score (nSPS) is 12.4. The summed E-state index contributed by atoms with van der Waals surface area (Å²) in [4.78, 5) is 8.24. The van der Waals surface area contributed by atoms with Gasteiger partial charge in [-0.2, -0.15) is 0 Å². The van der Waals surface area contributed by atoms with Gasteiger partial charge in [0, 0.05) is 17.1 Å². The number of benzene rings is 1. The minimum absolute atomic E-state index is 0.540. The number of hydrogen-bond donors (Lipinski definition) is 1. The second kappa shape index (κ2) is 5.38. The molecule has 0 saturated heterocycles. The lowest BCUT2D eigenvalue weighted by molar-refractivity contribution is 0.173. The van der Waals surface area contributed by atoms with Crippen molar-refractivity contribution in [3.05, 3.63) is 58.1 Å². The average molecular weight is 293 g/mol. The molecule has 3 nitrogen and oxygen atoms in total. The Balaban J connectivity index is 2.17. The second-order valence-electron chi connectivity index (χ2n) is 3.84. The summed E-state index contributed by atoms with van der Waals surface area (Å²) in [6.07, 6.45) is 1.61. The van der Waals surface area contributed by atoms with Gasteiger partial charge in [-0.25, -0.2) is 9.97 Å². The summed E-state index contributed by atoms with van der Waals surface area (Å²) in [6.45, 7) is 1.81. The Morgan fingerprint density at radius 3 is 2.76 bits per heavy atom. The highest BCUT2D eigenvalue weighted by Gasteiger charge is 2.11. The van der Waals surface area contributed by atoms with E-state index in [1.807, 2.05) is 31.2 Å². The number of aryl methyl sites for hydroxylation is 1. The van der Waals surface area contributed by atoms with Crippen LogP contribution in [0.15, 0.2) is 41.0 Å². The molecule has 88 valence electrons. The summed E-state index contributed by atoms with van der Waals surface area (Å²) >= 11 is 3.47. The number of hydrogen-bond acceptors (Lipinski definition) is 3. The van der Waals surface area contributed by atoms with Crippen molar-refractivity contribution in [2.45, 2.75) is 19.4 Å². The summed E-state index contributed by atoms with van der Waals surface area (Å²) in [5, 5.41) is 10.1. The topological polar surface area (TPSA) is 46.0 Å². The van der Waals surface area contributed by atoms with Gasteiger partial charge in [-0.3, -0.25) is 0 Å². The fourth-order valence-corrected chi connectivity index (χ4v) is 2.08. The van der Waals surface area contributed by atoms with E-state index >= 15 is 0 Å². The second-order valence-corrected chi connectivity index (χ2v) is 4.69. The molecular formula is C13H13BrN2O. The molecule has 0 fully saturated rings. The van der Waals surface area contributed by atoms with Gasteiger partial charge in [-0.1, -0.05) is 34.1 Å². The van der Waals surface area contributed by atoms with Crippen LogP contribution >= 0.6 is 15.9 Å². The van der Waals surface area contributed by atoms with Gasteiger partial charge in [0.15, 0.2) is 0 Å². The fourth-order valence-electron chi connectivity index (χ4n) is 1.64. The molecule has 1 heterocycles. The molecule has 2 rings (SSSR count).